The van der Waals surface area contributed by atoms with Gasteiger partial charge in [-0.25, -0.2) is 8.42 Å². The average molecular weight is 382 g/mol. The fourth-order valence-electron chi connectivity index (χ4n) is 4.32. The Morgan fingerprint density at radius 1 is 1.20 bits per heavy atom. The van der Waals surface area contributed by atoms with Crippen molar-refractivity contribution in [1.29, 1.82) is 0 Å². The molecule has 2 heterocycles. The zero-order chi connectivity index (χ0) is 16.9. The van der Waals surface area contributed by atoms with E-state index >= 15 is 0 Å². The molecule has 0 radical (unpaired) electrons. The summed E-state index contributed by atoms with van der Waals surface area (Å²) in [4.78, 5) is 4.73. The molecule has 1 saturated heterocycles. The number of aryl methyl sites for hydroxylation is 1. The first kappa shape index (κ1) is 18.6. The van der Waals surface area contributed by atoms with Crippen LogP contribution in [0, 0.1) is 18.8 Å². The van der Waals surface area contributed by atoms with Gasteiger partial charge in [0.25, 0.3) is 0 Å². The van der Waals surface area contributed by atoms with Crippen LogP contribution in [0.3, 0.4) is 0 Å². The molecule has 2 aliphatic rings. The normalized spacial score (nSPS) is 27.0. The molecular weight excluding hydrogens is 358 g/mol. The first-order chi connectivity index (χ1) is 11.5. The van der Waals surface area contributed by atoms with E-state index in [9.17, 15) is 8.42 Å². The molecule has 3 unspecified atom stereocenters. The number of pyridine rings is 1. The zero-order valence-electron chi connectivity index (χ0n) is 14.3. The Kier molecular flexibility index (Phi) is 5.08. The third-order valence-corrected chi connectivity index (χ3v) is 7.56. The van der Waals surface area contributed by atoms with Gasteiger partial charge in [-0.2, -0.15) is 4.31 Å². The Morgan fingerprint density at radius 2 is 2.00 bits per heavy atom. The van der Waals surface area contributed by atoms with E-state index in [4.69, 9.17) is 5.73 Å². The second-order valence-corrected chi connectivity index (χ2v) is 9.03. The van der Waals surface area contributed by atoms with Gasteiger partial charge in [-0.3, -0.25) is 4.98 Å². The lowest BCUT2D eigenvalue weighted by Gasteiger charge is -2.29. The van der Waals surface area contributed by atoms with Crippen molar-refractivity contribution in [1.82, 2.24) is 9.29 Å². The third-order valence-electron chi connectivity index (χ3n) is 5.67. The Labute approximate surface area is 155 Å². The van der Waals surface area contributed by atoms with Gasteiger partial charge in [-0.15, -0.1) is 12.4 Å². The summed E-state index contributed by atoms with van der Waals surface area (Å²) in [5, 5.41) is 0.705. The molecule has 2 N–H and O–H groups in total. The number of nitrogens with zero attached hydrogens (tertiary/aromatic N) is 2. The standard InChI is InChI=1S/C18H23N3O2S.ClH/c1-12-7-8-17(14-5-3-9-20-18(12)14)24(22,23)21-10-13-4-2-6-16(19)15(13)11-21;/h3,5,7-9,13,15-16H,2,4,6,10-11,19H2,1H3;1H. The van der Waals surface area contributed by atoms with Crippen LogP contribution in [0.1, 0.15) is 24.8 Å². The lowest BCUT2D eigenvalue weighted by Crippen LogP contribution is -2.38. The number of hydrogen-bond donors (Lipinski definition) is 1. The number of fused-ring (bicyclic) bond motifs is 2. The topological polar surface area (TPSA) is 76.3 Å². The first-order valence-electron chi connectivity index (χ1n) is 8.58. The summed E-state index contributed by atoms with van der Waals surface area (Å²) in [6.45, 7) is 3.09. The van der Waals surface area contributed by atoms with Gasteiger partial charge in [0.2, 0.25) is 10.0 Å². The van der Waals surface area contributed by atoms with Crippen molar-refractivity contribution in [3.63, 3.8) is 0 Å². The van der Waals surface area contributed by atoms with Crippen molar-refractivity contribution in [3.8, 4) is 0 Å². The minimum absolute atomic E-state index is 0. The van der Waals surface area contributed by atoms with Gasteiger partial charge in [0, 0.05) is 30.7 Å². The fourth-order valence-corrected chi connectivity index (χ4v) is 6.04. The van der Waals surface area contributed by atoms with Gasteiger partial charge < -0.3 is 5.73 Å². The van der Waals surface area contributed by atoms with Crippen molar-refractivity contribution in [2.45, 2.75) is 37.1 Å². The Balaban J connectivity index is 0.00000182. The van der Waals surface area contributed by atoms with E-state index in [-0.39, 0.29) is 18.4 Å². The van der Waals surface area contributed by atoms with Crippen LogP contribution in [0.25, 0.3) is 10.9 Å². The Bertz CT molecular complexity index is 887. The van der Waals surface area contributed by atoms with Crippen LogP contribution >= 0.6 is 12.4 Å². The zero-order valence-corrected chi connectivity index (χ0v) is 15.9. The minimum Gasteiger partial charge on any atom is -0.327 e. The molecule has 0 amide bonds. The van der Waals surface area contributed by atoms with Crippen LogP contribution in [-0.2, 0) is 10.0 Å². The average Bonchev–Trinajstić information content (AvgIpc) is 3.02. The smallest absolute Gasteiger partial charge is 0.243 e. The van der Waals surface area contributed by atoms with Gasteiger partial charge in [0.05, 0.1) is 10.4 Å². The second kappa shape index (κ2) is 6.83. The van der Waals surface area contributed by atoms with Gasteiger partial charge >= 0.3 is 0 Å². The first-order valence-corrected chi connectivity index (χ1v) is 10.0. The summed E-state index contributed by atoms with van der Waals surface area (Å²) in [5.41, 5.74) is 7.99. The van der Waals surface area contributed by atoms with Crippen LogP contribution in [0.4, 0.5) is 0 Å². The fraction of sp³-hybridized carbons (Fsp3) is 0.500. The summed E-state index contributed by atoms with van der Waals surface area (Å²) in [6.07, 6.45) is 4.90. The van der Waals surface area contributed by atoms with E-state index in [0.717, 1.165) is 30.3 Å². The highest BCUT2D eigenvalue weighted by Gasteiger charge is 2.43. The van der Waals surface area contributed by atoms with Gasteiger partial charge in [-0.1, -0.05) is 12.5 Å². The lowest BCUT2D eigenvalue weighted by molar-refractivity contribution is 0.260. The van der Waals surface area contributed by atoms with Gasteiger partial charge in [0.15, 0.2) is 0 Å². The van der Waals surface area contributed by atoms with Crippen molar-refractivity contribution < 1.29 is 8.42 Å². The molecule has 7 heteroatoms. The van der Waals surface area contributed by atoms with Crippen LogP contribution in [0.2, 0.25) is 0 Å². The number of aromatic nitrogens is 1. The molecule has 136 valence electrons. The van der Waals surface area contributed by atoms with Gasteiger partial charge in [0.1, 0.15) is 0 Å². The molecule has 0 spiro atoms. The number of benzene rings is 1. The number of rotatable bonds is 2. The van der Waals surface area contributed by atoms with Crippen molar-refractivity contribution in [2.24, 2.45) is 17.6 Å². The monoisotopic (exact) mass is 381 g/mol. The summed E-state index contributed by atoms with van der Waals surface area (Å²) >= 11 is 0. The maximum Gasteiger partial charge on any atom is 0.243 e. The molecule has 1 aliphatic heterocycles. The van der Waals surface area contributed by atoms with Crippen LogP contribution in [0.15, 0.2) is 35.4 Å². The van der Waals surface area contributed by atoms with Crippen LogP contribution < -0.4 is 5.73 Å². The predicted molar refractivity (Wildman–Crippen MR) is 101 cm³/mol. The van der Waals surface area contributed by atoms with E-state index in [1.165, 1.54) is 0 Å². The van der Waals surface area contributed by atoms with E-state index in [1.54, 1.807) is 22.6 Å². The molecule has 1 aromatic carbocycles. The van der Waals surface area contributed by atoms with Gasteiger partial charge in [-0.05, 0) is 55.4 Å². The molecule has 2 fully saturated rings. The highest BCUT2D eigenvalue weighted by atomic mass is 35.5. The van der Waals surface area contributed by atoms with Crippen molar-refractivity contribution >= 4 is 33.3 Å². The highest BCUT2D eigenvalue weighted by molar-refractivity contribution is 7.89. The maximum absolute atomic E-state index is 13.3. The third kappa shape index (κ3) is 3.05. The summed E-state index contributed by atoms with van der Waals surface area (Å²) in [7, 11) is -3.53. The SMILES string of the molecule is Cc1ccc(S(=O)(=O)N2CC3CCCC(N)C3C2)c2cccnc12.Cl. The highest BCUT2D eigenvalue weighted by Crippen LogP contribution is 2.38. The molecule has 1 aromatic heterocycles. The quantitative estimate of drug-likeness (QED) is 0.867. The number of hydrogen-bond acceptors (Lipinski definition) is 4. The van der Waals surface area contributed by atoms with Crippen molar-refractivity contribution in [3.05, 3.63) is 36.0 Å². The van der Waals surface area contributed by atoms with Crippen molar-refractivity contribution in [2.75, 3.05) is 13.1 Å². The van der Waals surface area contributed by atoms with Crippen LogP contribution in [0.5, 0.6) is 0 Å². The molecule has 25 heavy (non-hydrogen) atoms. The number of sulfonamides is 1. The molecule has 3 atom stereocenters. The van der Waals surface area contributed by atoms with E-state index in [1.807, 2.05) is 19.1 Å². The Morgan fingerprint density at radius 3 is 2.76 bits per heavy atom. The molecule has 1 saturated carbocycles. The molecule has 2 aromatic rings. The lowest BCUT2D eigenvalue weighted by atomic mass is 9.78. The largest absolute Gasteiger partial charge is 0.327 e. The summed E-state index contributed by atoms with van der Waals surface area (Å²) in [5.74, 6) is 0.696. The summed E-state index contributed by atoms with van der Waals surface area (Å²) in [6, 6.07) is 7.32. The molecule has 5 nitrogen and oxygen atoms in total. The maximum atomic E-state index is 13.3. The molecular formula is C18H24ClN3O2S. The number of nitrogens with two attached hydrogens (primary N) is 1. The van der Waals surface area contributed by atoms with E-state index in [0.29, 0.717) is 35.2 Å². The van der Waals surface area contributed by atoms with Crippen LogP contribution in [-0.4, -0.2) is 36.8 Å². The van der Waals surface area contributed by atoms with E-state index in [2.05, 4.69) is 4.98 Å². The Hall–Kier alpha value is -1.21. The summed E-state index contributed by atoms with van der Waals surface area (Å²) < 4.78 is 28.2. The second-order valence-electron chi connectivity index (χ2n) is 7.12. The molecule has 0 bridgehead atoms. The van der Waals surface area contributed by atoms with E-state index < -0.39 is 10.0 Å². The molecule has 4 rings (SSSR count). The number of halogens is 1. The minimum atomic E-state index is -3.53. The molecule has 1 aliphatic carbocycles. The predicted octanol–water partition coefficient (Wildman–Crippen LogP) is 2.71.